The molecule has 18 heavy (non-hydrogen) atoms. The second kappa shape index (κ2) is 5.36. The van der Waals surface area contributed by atoms with Gasteiger partial charge >= 0.3 is 0 Å². The molecule has 2 N–H and O–H groups in total. The summed E-state index contributed by atoms with van der Waals surface area (Å²) in [7, 11) is 0. The van der Waals surface area contributed by atoms with Crippen molar-refractivity contribution in [2.24, 2.45) is 5.73 Å². The van der Waals surface area contributed by atoms with Gasteiger partial charge in [-0.15, -0.1) is 0 Å². The summed E-state index contributed by atoms with van der Waals surface area (Å²) < 4.78 is 5.67. The molecule has 0 aliphatic carbocycles. The van der Waals surface area contributed by atoms with Crippen LogP contribution in [0.5, 0.6) is 5.75 Å². The van der Waals surface area contributed by atoms with E-state index in [4.69, 9.17) is 10.5 Å². The van der Waals surface area contributed by atoms with Gasteiger partial charge in [0, 0.05) is 23.5 Å². The highest BCUT2D eigenvalue weighted by Crippen LogP contribution is 2.22. The molecule has 0 fully saturated rings. The van der Waals surface area contributed by atoms with Crippen LogP contribution in [0.3, 0.4) is 0 Å². The number of ether oxygens (including phenoxy) is 1. The quantitative estimate of drug-likeness (QED) is 0.899. The van der Waals surface area contributed by atoms with Crippen molar-refractivity contribution < 1.29 is 4.74 Å². The molecule has 1 aromatic carbocycles. The maximum atomic E-state index is 5.67. The van der Waals surface area contributed by atoms with Crippen LogP contribution in [-0.4, -0.2) is 17.6 Å². The van der Waals surface area contributed by atoms with Crippen LogP contribution < -0.4 is 10.5 Å². The molecule has 0 saturated carbocycles. The van der Waals surface area contributed by atoms with Crippen molar-refractivity contribution >= 4 is 10.9 Å². The number of hydrogen-bond acceptors (Lipinski definition) is 3. The van der Waals surface area contributed by atoms with E-state index in [1.165, 1.54) is 0 Å². The minimum atomic E-state index is 0.187. The molecular formula is C15H20N2O. The Labute approximate surface area is 108 Å². The van der Waals surface area contributed by atoms with Crippen LogP contribution in [0.15, 0.2) is 30.3 Å². The van der Waals surface area contributed by atoms with Crippen LogP contribution in [0.2, 0.25) is 0 Å². The summed E-state index contributed by atoms with van der Waals surface area (Å²) in [6.45, 7) is 6.75. The van der Waals surface area contributed by atoms with E-state index in [0.29, 0.717) is 12.5 Å². The number of pyridine rings is 1. The highest BCUT2D eigenvalue weighted by atomic mass is 16.5. The predicted molar refractivity (Wildman–Crippen MR) is 75.0 cm³/mol. The Morgan fingerprint density at radius 2 is 1.94 bits per heavy atom. The first-order valence-corrected chi connectivity index (χ1v) is 6.37. The Balaban J connectivity index is 2.36. The molecule has 96 valence electrons. The van der Waals surface area contributed by atoms with Crippen molar-refractivity contribution in [3.8, 4) is 5.75 Å². The Hall–Kier alpha value is -1.61. The number of benzene rings is 1. The van der Waals surface area contributed by atoms with Crippen LogP contribution in [-0.2, 0) is 0 Å². The fourth-order valence-electron chi connectivity index (χ4n) is 1.86. The SMILES string of the molecule is CC(C)Oc1ccc2nc(C(C)CN)ccc2c1. The van der Waals surface area contributed by atoms with Crippen molar-refractivity contribution in [1.29, 1.82) is 0 Å². The zero-order valence-corrected chi connectivity index (χ0v) is 11.2. The lowest BCUT2D eigenvalue weighted by molar-refractivity contribution is 0.243. The predicted octanol–water partition coefficient (Wildman–Crippen LogP) is 3.08. The molecule has 0 spiro atoms. The molecule has 2 rings (SSSR count). The van der Waals surface area contributed by atoms with E-state index in [-0.39, 0.29) is 6.10 Å². The summed E-state index contributed by atoms with van der Waals surface area (Å²) in [5.74, 6) is 1.18. The monoisotopic (exact) mass is 244 g/mol. The minimum absolute atomic E-state index is 0.187. The van der Waals surface area contributed by atoms with Crippen molar-refractivity contribution in [3.05, 3.63) is 36.0 Å². The van der Waals surface area contributed by atoms with Gasteiger partial charge < -0.3 is 10.5 Å². The fourth-order valence-corrected chi connectivity index (χ4v) is 1.86. The standard InChI is InChI=1S/C15H20N2O/c1-10(2)18-13-5-7-15-12(8-13)4-6-14(17-15)11(3)9-16/h4-8,10-11H,9,16H2,1-3H3. The molecule has 0 aliphatic rings. The molecule has 2 aromatic rings. The Bertz CT molecular complexity index is 537. The number of nitrogens with zero attached hydrogens (tertiary/aromatic N) is 1. The number of hydrogen-bond donors (Lipinski definition) is 1. The first-order chi connectivity index (χ1) is 8.60. The van der Waals surface area contributed by atoms with Crippen LogP contribution in [0, 0.1) is 0 Å². The zero-order chi connectivity index (χ0) is 13.1. The van der Waals surface area contributed by atoms with E-state index < -0.39 is 0 Å². The van der Waals surface area contributed by atoms with Crippen molar-refractivity contribution in [2.45, 2.75) is 32.8 Å². The molecule has 3 heteroatoms. The van der Waals surface area contributed by atoms with Gasteiger partial charge in [-0.25, -0.2) is 0 Å². The first-order valence-electron chi connectivity index (χ1n) is 6.37. The summed E-state index contributed by atoms with van der Waals surface area (Å²) >= 11 is 0. The Morgan fingerprint density at radius 1 is 1.17 bits per heavy atom. The number of aromatic nitrogens is 1. The van der Waals surface area contributed by atoms with E-state index in [9.17, 15) is 0 Å². The second-order valence-corrected chi connectivity index (χ2v) is 4.89. The summed E-state index contributed by atoms with van der Waals surface area (Å²) in [5, 5.41) is 1.10. The maximum Gasteiger partial charge on any atom is 0.120 e. The van der Waals surface area contributed by atoms with Gasteiger partial charge in [0.1, 0.15) is 5.75 Å². The molecule has 0 amide bonds. The van der Waals surface area contributed by atoms with Gasteiger partial charge in [-0.1, -0.05) is 13.0 Å². The lowest BCUT2D eigenvalue weighted by Gasteiger charge is -2.12. The van der Waals surface area contributed by atoms with Gasteiger partial charge in [-0.2, -0.15) is 0 Å². The fraction of sp³-hybridized carbons (Fsp3) is 0.400. The molecule has 1 aromatic heterocycles. The second-order valence-electron chi connectivity index (χ2n) is 4.89. The topological polar surface area (TPSA) is 48.1 Å². The minimum Gasteiger partial charge on any atom is -0.491 e. The van der Waals surface area contributed by atoms with Crippen LogP contribution >= 0.6 is 0 Å². The molecule has 0 saturated heterocycles. The number of fused-ring (bicyclic) bond motifs is 1. The summed E-state index contributed by atoms with van der Waals surface area (Å²) in [6, 6.07) is 10.1. The molecule has 3 nitrogen and oxygen atoms in total. The first kappa shape index (κ1) is 12.8. The van der Waals surface area contributed by atoms with E-state index >= 15 is 0 Å². The van der Waals surface area contributed by atoms with Gasteiger partial charge in [0.2, 0.25) is 0 Å². The average Bonchev–Trinajstić information content (AvgIpc) is 2.36. The average molecular weight is 244 g/mol. The zero-order valence-electron chi connectivity index (χ0n) is 11.2. The molecule has 1 heterocycles. The van der Waals surface area contributed by atoms with Gasteiger partial charge in [0.05, 0.1) is 11.6 Å². The van der Waals surface area contributed by atoms with E-state index in [2.05, 4.69) is 18.0 Å². The number of nitrogens with two attached hydrogens (primary N) is 1. The molecule has 1 atom stereocenters. The van der Waals surface area contributed by atoms with Gasteiger partial charge in [0.25, 0.3) is 0 Å². The maximum absolute atomic E-state index is 5.67. The molecule has 0 radical (unpaired) electrons. The van der Waals surface area contributed by atoms with E-state index in [1.54, 1.807) is 0 Å². The molecule has 0 aliphatic heterocycles. The third kappa shape index (κ3) is 2.79. The van der Waals surface area contributed by atoms with E-state index in [0.717, 1.165) is 22.3 Å². The van der Waals surface area contributed by atoms with Crippen LogP contribution in [0.4, 0.5) is 0 Å². The van der Waals surface area contributed by atoms with Crippen molar-refractivity contribution in [3.63, 3.8) is 0 Å². The normalized spacial score (nSPS) is 12.9. The summed E-state index contributed by atoms with van der Waals surface area (Å²) in [4.78, 5) is 4.63. The number of rotatable bonds is 4. The van der Waals surface area contributed by atoms with Gasteiger partial charge in [-0.3, -0.25) is 4.98 Å². The Morgan fingerprint density at radius 3 is 2.61 bits per heavy atom. The Kier molecular flexibility index (Phi) is 3.82. The lowest BCUT2D eigenvalue weighted by Crippen LogP contribution is -2.10. The summed E-state index contributed by atoms with van der Waals surface area (Å²) in [5.41, 5.74) is 7.70. The smallest absolute Gasteiger partial charge is 0.120 e. The highest BCUT2D eigenvalue weighted by molar-refractivity contribution is 5.80. The van der Waals surface area contributed by atoms with Crippen LogP contribution in [0.1, 0.15) is 32.4 Å². The van der Waals surface area contributed by atoms with Crippen molar-refractivity contribution in [2.75, 3.05) is 6.54 Å². The van der Waals surface area contributed by atoms with Crippen molar-refractivity contribution in [1.82, 2.24) is 4.98 Å². The summed E-state index contributed by atoms with van der Waals surface area (Å²) in [6.07, 6.45) is 0.187. The largest absolute Gasteiger partial charge is 0.491 e. The van der Waals surface area contributed by atoms with E-state index in [1.807, 2.05) is 38.1 Å². The lowest BCUT2D eigenvalue weighted by atomic mass is 10.1. The molecule has 0 bridgehead atoms. The van der Waals surface area contributed by atoms with Gasteiger partial charge in [0.15, 0.2) is 0 Å². The molecule has 1 unspecified atom stereocenters. The highest BCUT2D eigenvalue weighted by Gasteiger charge is 2.06. The van der Waals surface area contributed by atoms with Gasteiger partial charge in [-0.05, 0) is 38.1 Å². The third-order valence-corrected chi connectivity index (χ3v) is 2.91. The molecular weight excluding hydrogens is 224 g/mol. The third-order valence-electron chi connectivity index (χ3n) is 2.91. The van der Waals surface area contributed by atoms with Crippen LogP contribution in [0.25, 0.3) is 10.9 Å².